The second kappa shape index (κ2) is 4.13. The van der Waals surface area contributed by atoms with Gasteiger partial charge in [-0.15, -0.1) is 0 Å². The van der Waals surface area contributed by atoms with E-state index in [1.54, 1.807) is 6.92 Å². The van der Waals surface area contributed by atoms with E-state index in [0.29, 0.717) is 0 Å². The minimum atomic E-state index is -0.406. The van der Waals surface area contributed by atoms with Gasteiger partial charge in [0.1, 0.15) is 0 Å². The van der Waals surface area contributed by atoms with E-state index in [1.165, 1.54) is 0 Å². The van der Waals surface area contributed by atoms with Gasteiger partial charge in [0.15, 0.2) is 0 Å². The molecule has 0 heterocycles. The zero-order chi connectivity index (χ0) is 8.97. The van der Waals surface area contributed by atoms with Crippen molar-refractivity contribution in [3.63, 3.8) is 0 Å². The predicted octanol–water partition coefficient (Wildman–Crippen LogP) is 2.61. The van der Waals surface area contributed by atoms with Crippen LogP contribution in [0.4, 0.5) is 0 Å². The van der Waals surface area contributed by atoms with Crippen LogP contribution in [-0.4, -0.2) is 5.52 Å². The minimum absolute atomic E-state index is 0.273. The number of hydrogen-bond acceptors (Lipinski definition) is 2. The zero-order valence-corrected chi connectivity index (χ0v) is 7.62. The summed E-state index contributed by atoms with van der Waals surface area (Å²) in [6.07, 6.45) is 0. The first-order valence-corrected chi connectivity index (χ1v) is 4.49. The summed E-state index contributed by atoms with van der Waals surface area (Å²) in [4.78, 5) is 11.0. The van der Waals surface area contributed by atoms with Crippen LogP contribution in [0, 0.1) is 0 Å². The van der Waals surface area contributed by atoms with Crippen LogP contribution in [0.25, 0.3) is 0 Å². The second-order valence-corrected chi connectivity index (χ2v) is 3.19. The highest BCUT2D eigenvalue weighted by Gasteiger charge is 2.13. The van der Waals surface area contributed by atoms with E-state index >= 15 is 0 Å². The van der Waals surface area contributed by atoms with Crippen LogP contribution >= 0.6 is 8.46 Å². The average Bonchev–Trinajstić information content (AvgIpc) is 2.17. The first-order valence-electron chi connectivity index (χ1n) is 3.68. The maximum absolute atomic E-state index is 11.0. The molecule has 12 heavy (non-hydrogen) atoms. The first kappa shape index (κ1) is 9.08. The number of hydrogen-bond donors (Lipinski definition) is 0. The van der Waals surface area contributed by atoms with E-state index in [1.807, 2.05) is 30.3 Å². The summed E-state index contributed by atoms with van der Waals surface area (Å²) >= 11 is 0. The molecule has 0 aliphatic rings. The van der Waals surface area contributed by atoms with Crippen LogP contribution in [0.15, 0.2) is 30.3 Å². The normalized spacial score (nSPS) is 12.8. The molecular weight excluding hydrogens is 171 g/mol. The van der Waals surface area contributed by atoms with Crippen molar-refractivity contribution >= 4 is 14.0 Å². The van der Waals surface area contributed by atoms with Crippen molar-refractivity contribution in [3.8, 4) is 0 Å². The van der Waals surface area contributed by atoms with Gasteiger partial charge in [-0.3, -0.25) is 9.36 Å². The van der Waals surface area contributed by atoms with Gasteiger partial charge in [0.25, 0.3) is 0 Å². The molecule has 1 unspecified atom stereocenters. The van der Waals surface area contributed by atoms with Crippen LogP contribution in [0.3, 0.4) is 0 Å². The molecule has 1 aromatic rings. The molecule has 1 atom stereocenters. The molecule has 0 bridgehead atoms. The number of rotatable bonds is 3. The maximum atomic E-state index is 11.0. The van der Waals surface area contributed by atoms with E-state index in [4.69, 9.17) is 0 Å². The van der Waals surface area contributed by atoms with Crippen molar-refractivity contribution < 1.29 is 9.36 Å². The third kappa shape index (κ3) is 1.99. The van der Waals surface area contributed by atoms with Crippen molar-refractivity contribution in [1.29, 1.82) is 0 Å². The molecule has 2 nitrogen and oxygen atoms in total. The van der Waals surface area contributed by atoms with Crippen molar-refractivity contribution in [2.75, 3.05) is 0 Å². The van der Waals surface area contributed by atoms with Gasteiger partial charge < -0.3 is 0 Å². The van der Waals surface area contributed by atoms with Gasteiger partial charge in [0.2, 0.25) is 14.0 Å². The molecule has 0 amide bonds. The zero-order valence-electron chi connectivity index (χ0n) is 6.73. The van der Waals surface area contributed by atoms with E-state index < -0.39 is 8.46 Å². The van der Waals surface area contributed by atoms with Gasteiger partial charge in [0.05, 0.1) is 5.92 Å². The average molecular weight is 180 g/mol. The summed E-state index contributed by atoms with van der Waals surface area (Å²) in [7, 11) is -0.406. The fourth-order valence-electron chi connectivity index (χ4n) is 0.963. The van der Waals surface area contributed by atoms with Crippen molar-refractivity contribution in [3.05, 3.63) is 35.9 Å². The van der Waals surface area contributed by atoms with Crippen LogP contribution < -0.4 is 0 Å². The van der Waals surface area contributed by atoms with Gasteiger partial charge in [-0.1, -0.05) is 37.3 Å². The Morgan fingerprint density at radius 3 is 2.42 bits per heavy atom. The highest BCUT2D eigenvalue weighted by Crippen LogP contribution is 2.19. The molecule has 0 fully saturated rings. The monoisotopic (exact) mass is 180 g/mol. The fraction of sp³-hybridized carbons (Fsp3) is 0.222. The lowest BCUT2D eigenvalue weighted by atomic mass is 10.0. The number of carbonyl (C=O) groups is 1. The maximum Gasteiger partial charge on any atom is 0.232 e. The lowest BCUT2D eigenvalue weighted by Gasteiger charge is -2.04. The molecule has 0 aliphatic heterocycles. The second-order valence-electron chi connectivity index (χ2n) is 2.56. The van der Waals surface area contributed by atoms with Crippen molar-refractivity contribution in [2.24, 2.45) is 0 Å². The summed E-state index contributed by atoms with van der Waals surface area (Å²) in [6.45, 7) is 1.75. The summed E-state index contributed by atoms with van der Waals surface area (Å²) in [5.74, 6) is -0.273. The molecule has 0 radical (unpaired) electrons. The molecule has 1 aromatic carbocycles. The van der Waals surface area contributed by atoms with Crippen LogP contribution in [-0.2, 0) is 9.36 Å². The van der Waals surface area contributed by atoms with Gasteiger partial charge >= 0.3 is 0 Å². The Bertz CT molecular complexity index is 282. The van der Waals surface area contributed by atoms with Gasteiger partial charge in [-0.05, 0) is 5.56 Å². The van der Waals surface area contributed by atoms with Crippen molar-refractivity contribution in [2.45, 2.75) is 12.8 Å². The van der Waals surface area contributed by atoms with E-state index in [-0.39, 0.29) is 11.4 Å². The number of carbonyl (C=O) groups excluding carboxylic acids is 1. The quantitative estimate of drug-likeness (QED) is 0.670. The molecule has 0 N–H and O–H groups in total. The van der Waals surface area contributed by atoms with Crippen LogP contribution in [0.1, 0.15) is 18.4 Å². The molecular formula is C9H9O2P. The molecule has 62 valence electrons. The summed E-state index contributed by atoms with van der Waals surface area (Å²) in [5, 5.41) is 0. The largest absolute Gasteiger partial charge is 0.285 e. The third-order valence-electron chi connectivity index (χ3n) is 1.76. The van der Waals surface area contributed by atoms with Crippen LogP contribution in [0.2, 0.25) is 0 Å². The van der Waals surface area contributed by atoms with Crippen LogP contribution in [0.5, 0.6) is 0 Å². The SMILES string of the molecule is CC(C(=O)P=O)c1ccccc1. The van der Waals surface area contributed by atoms with E-state index in [2.05, 4.69) is 0 Å². The molecule has 3 heteroatoms. The molecule has 0 saturated heterocycles. The van der Waals surface area contributed by atoms with Gasteiger partial charge in [-0.25, -0.2) is 0 Å². The molecule has 1 rings (SSSR count). The Balaban J connectivity index is 2.85. The molecule has 0 aliphatic carbocycles. The standard InChI is InChI=1S/C9H9O2P/c1-7(9(10)12-11)8-5-3-2-4-6-8/h2-7H,1H3. The highest BCUT2D eigenvalue weighted by atomic mass is 31.1. The fourth-order valence-corrected chi connectivity index (χ4v) is 1.27. The molecule has 0 spiro atoms. The summed E-state index contributed by atoms with van der Waals surface area (Å²) < 4.78 is 10.3. The molecule has 0 saturated carbocycles. The highest BCUT2D eigenvalue weighted by molar-refractivity contribution is 7.46. The summed E-state index contributed by atoms with van der Waals surface area (Å²) in [6, 6.07) is 9.32. The summed E-state index contributed by atoms with van der Waals surface area (Å²) in [5.41, 5.74) is 0.632. The minimum Gasteiger partial charge on any atom is -0.285 e. The third-order valence-corrected chi connectivity index (χ3v) is 2.33. The molecule has 0 aromatic heterocycles. The smallest absolute Gasteiger partial charge is 0.232 e. The van der Waals surface area contributed by atoms with E-state index in [0.717, 1.165) is 5.56 Å². The Hall–Kier alpha value is -1.01. The number of benzene rings is 1. The van der Waals surface area contributed by atoms with E-state index in [9.17, 15) is 9.36 Å². The Morgan fingerprint density at radius 1 is 1.33 bits per heavy atom. The van der Waals surface area contributed by atoms with Gasteiger partial charge in [-0.2, -0.15) is 0 Å². The Morgan fingerprint density at radius 2 is 1.92 bits per heavy atom. The predicted molar refractivity (Wildman–Crippen MR) is 47.5 cm³/mol. The van der Waals surface area contributed by atoms with Crippen molar-refractivity contribution in [1.82, 2.24) is 0 Å². The first-order chi connectivity index (χ1) is 5.75. The Labute approximate surface area is 72.8 Å². The lowest BCUT2D eigenvalue weighted by molar-refractivity contribution is -0.112. The Kier molecular flexibility index (Phi) is 3.12. The lowest BCUT2D eigenvalue weighted by Crippen LogP contribution is -2.00. The van der Waals surface area contributed by atoms with Gasteiger partial charge in [0, 0.05) is 0 Å². The topological polar surface area (TPSA) is 34.1 Å².